The van der Waals surface area contributed by atoms with Crippen LogP contribution < -0.4 is 20.7 Å². The molecule has 0 spiro atoms. The standard InChI is InChI=1S/C22H27N3O3S/c1-5-15(4)28-19-11-9-16(10-12-19)20(26)25-22(29)24-18-8-6-7-17(13-18)21(27)23-14(2)3/h6-15H,5H2,1-4H3,(H,23,27)(H2,24,25,26,29). The summed E-state index contributed by atoms with van der Waals surface area (Å²) in [7, 11) is 0. The molecule has 154 valence electrons. The van der Waals surface area contributed by atoms with Crippen molar-refractivity contribution in [1.29, 1.82) is 0 Å². The summed E-state index contributed by atoms with van der Waals surface area (Å²) in [6.07, 6.45) is 1.02. The number of ether oxygens (including phenoxy) is 1. The van der Waals surface area contributed by atoms with E-state index in [2.05, 4.69) is 16.0 Å². The molecule has 1 unspecified atom stereocenters. The van der Waals surface area contributed by atoms with Gasteiger partial charge in [-0.2, -0.15) is 0 Å². The molecular formula is C22H27N3O3S. The Morgan fingerprint density at radius 2 is 1.69 bits per heavy atom. The van der Waals surface area contributed by atoms with Crippen LogP contribution in [-0.2, 0) is 0 Å². The van der Waals surface area contributed by atoms with Crippen LogP contribution in [0.2, 0.25) is 0 Å². The van der Waals surface area contributed by atoms with Gasteiger partial charge in [-0.05, 0) is 81.9 Å². The predicted octanol–water partition coefficient (Wildman–Crippen LogP) is 4.13. The highest BCUT2D eigenvalue weighted by Gasteiger charge is 2.11. The van der Waals surface area contributed by atoms with E-state index in [0.717, 1.165) is 6.42 Å². The highest BCUT2D eigenvalue weighted by Crippen LogP contribution is 2.15. The number of amides is 2. The number of carbonyl (C=O) groups is 2. The molecule has 1 atom stereocenters. The van der Waals surface area contributed by atoms with E-state index in [1.807, 2.05) is 27.7 Å². The van der Waals surface area contributed by atoms with Crippen LogP contribution in [0.15, 0.2) is 48.5 Å². The fraction of sp³-hybridized carbons (Fsp3) is 0.318. The summed E-state index contributed by atoms with van der Waals surface area (Å²) in [4.78, 5) is 24.5. The van der Waals surface area contributed by atoms with Gasteiger partial charge >= 0.3 is 0 Å². The van der Waals surface area contributed by atoms with Gasteiger partial charge in [0.25, 0.3) is 11.8 Å². The molecule has 0 aromatic heterocycles. The highest BCUT2D eigenvalue weighted by atomic mass is 32.1. The average Bonchev–Trinajstić information content (AvgIpc) is 2.68. The SMILES string of the molecule is CCC(C)Oc1ccc(C(=O)NC(=S)Nc2cccc(C(=O)NC(C)C)c2)cc1. The Balaban J connectivity index is 1.95. The highest BCUT2D eigenvalue weighted by molar-refractivity contribution is 7.80. The Hall–Kier alpha value is -2.93. The molecule has 2 aromatic carbocycles. The number of anilines is 1. The van der Waals surface area contributed by atoms with Crippen LogP contribution in [0.5, 0.6) is 5.75 Å². The number of rotatable bonds is 7. The molecule has 3 N–H and O–H groups in total. The van der Waals surface area contributed by atoms with Crippen molar-refractivity contribution in [2.24, 2.45) is 0 Å². The van der Waals surface area contributed by atoms with Gasteiger partial charge in [0, 0.05) is 22.9 Å². The molecule has 0 fully saturated rings. The van der Waals surface area contributed by atoms with E-state index in [-0.39, 0.29) is 29.1 Å². The van der Waals surface area contributed by atoms with Gasteiger partial charge < -0.3 is 15.4 Å². The number of nitrogens with one attached hydrogen (secondary N) is 3. The number of thiocarbonyl (C=S) groups is 1. The van der Waals surface area contributed by atoms with E-state index >= 15 is 0 Å². The van der Waals surface area contributed by atoms with E-state index in [4.69, 9.17) is 17.0 Å². The van der Waals surface area contributed by atoms with E-state index in [0.29, 0.717) is 22.6 Å². The number of hydrogen-bond donors (Lipinski definition) is 3. The number of carbonyl (C=O) groups excluding carboxylic acids is 2. The maximum Gasteiger partial charge on any atom is 0.257 e. The molecule has 0 aliphatic heterocycles. The van der Waals surface area contributed by atoms with Crippen LogP contribution in [0.3, 0.4) is 0 Å². The predicted molar refractivity (Wildman–Crippen MR) is 120 cm³/mol. The second kappa shape index (κ2) is 10.6. The molecule has 0 heterocycles. The molecule has 0 saturated carbocycles. The van der Waals surface area contributed by atoms with Crippen molar-refractivity contribution < 1.29 is 14.3 Å². The van der Waals surface area contributed by atoms with Gasteiger partial charge in [-0.1, -0.05) is 13.0 Å². The quantitative estimate of drug-likeness (QED) is 0.595. The first kappa shape index (κ1) is 22.4. The van der Waals surface area contributed by atoms with Crippen LogP contribution in [0.4, 0.5) is 5.69 Å². The van der Waals surface area contributed by atoms with Crippen LogP contribution in [-0.4, -0.2) is 29.1 Å². The fourth-order valence-electron chi connectivity index (χ4n) is 2.42. The maximum absolute atomic E-state index is 12.4. The molecule has 0 saturated heterocycles. The molecular weight excluding hydrogens is 386 g/mol. The third kappa shape index (κ3) is 7.19. The largest absolute Gasteiger partial charge is 0.491 e. The lowest BCUT2D eigenvalue weighted by Crippen LogP contribution is -2.34. The summed E-state index contributed by atoms with van der Waals surface area (Å²) >= 11 is 5.22. The second-order valence-corrected chi connectivity index (χ2v) is 7.39. The van der Waals surface area contributed by atoms with Gasteiger partial charge in [0.1, 0.15) is 5.75 Å². The smallest absolute Gasteiger partial charge is 0.257 e. The first-order valence-electron chi connectivity index (χ1n) is 9.58. The maximum atomic E-state index is 12.4. The summed E-state index contributed by atoms with van der Waals surface area (Å²) < 4.78 is 5.71. The average molecular weight is 414 g/mol. The normalized spacial score (nSPS) is 11.5. The van der Waals surface area contributed by atoms with E-state index in [1.54, 1.807) is 48.5 Å². The van der Waals surface area contributed by atoms with Crippen molar-refractivity contribution in [2.75, 3.05) is 5.32 Å². The summed E-state index contributed by atoms with van der Waals surface area (Å²) in [6.45, 7) is 7.83. The van der Waals surface area contributed by atoms with E-state index in [9.17, 15) is 9.59 Å². The lowest BCUT2D eigenvalue weighted by atomic mass is 10.2. The van der Waals surface area contributed by atoms with Gasteiger partial charge in [-0.25, -0.2) is 0 Å². The van der Waals surface area contributed by atoms with Gasteiger partial charge in [0.2, 0.25) is 0 Å². The van der Waals surface area contributed by atoms with Gasteiger partial charge in [-0.15, -0.1) is 0 Å². The van der Waals surface area contributed by atoms with Gasteiger partial charge in [-0.3, -0.25) is 14.9 Å². The number of benzene rings is 2. The molecule has 0 aliphatic carbocycles. The van der Waals surface area contributed by atoms with Crippen molar-refractivity contribution in [3.8, 4) is 5.75 Å². The molecule has 6 nitrogen and oxygen atoms in total. The minimum absolute atomic E-state index is 0.0430. The van der Waals surface area contributed by atoms with Crippen molar-refractivity contribution in [3.05, 3.63) is 59.7 Å². The van der Waals surface area contributed by atoms with Crippen molar-refractivity contribution >= 4 is 34.8 Å². The molecule has 2 rings (SSSR count). The third-order valence-corrected chi connectivity index (χ3v) is 4.26. The van der Waals surface area contributed by atoms with Gasteiger partial charge in [0.05, 0.1) is 6.10 Å². The summed E-state index contributed by atoms with van der Waals surface area (Å²) in [5, 5.41) is 8.55. The topological polar surface area (TPSA) is 79.5 Å². The molecule has 0 radical (unpaired) electrons. The van der Waals surface area contributed by atoms with Crippen LogP contribution in [0, 0.1) is 0 Å². The monoisotopic (exact) mass is 413 g/mol. The fourth-order valence-corrected chi connectivity index (χ4v) is 2.63. The van der Waals surface area contributed by atoms with Crippen molar-refractivity contribution in [1.82, 2.24) is 10.6 Å². The molecule has 2 aromatic rings. The zero-order valence-electron chi connectivity index (χ0n) is 17.1. The summed E-state index contributed by atoms with van der Waals surface area (Å²) in [5.74, 6) is 0.220. The molecule has 0 aliphatic rings. The van der Waals surface area contributed by atoms with Crippen LogP contribution >= 0.6 is 12.2 Å². The van der Waals surface area contributed by atoms with E-state index in [1.165, 1.54) is 0 Å². The second-order valence-electron chi connectivity index (χ2n) is 6.98. The molecule has 7 heteroatoms. The van der Waals surface area contributed by atoms with Crippen LogP contribution in [0.25, 0.3) is 0 Å². The Labute approximate surface area is 177 Å². The summed E-state index contributed by atoms with van der Waals surface area (Å²) in [6, 6.07) is 13.8. The Bertz CT molecular complexity index is 866. The van der Waals surface area contributed by atoms with Crippen molar-refractivity contribution in [2.45, 2.75) is 46.3 Å². The molecule has 29 heavy (non-hydrogen) atoms. The van der Waals surface area contributed by atoms with Gasteiger partial charge in [0.15, 0.2) is 5.11 Å². The first-order chi connectivity index (χ1) is 13.8. The lowest BCUT2D eigenvalue weighted by Gasteiger charge is -2.13. The molecule has 0 bridgehead atoms. The Kier molecular flexibility index (Phi) is 8.15. The third-order valence-electron chi connectivity index (χ3n) is 4.06. The lowest BCUT2D eigenvalue weighted by molar-refractivity contribution is 0.0941. The molecule has 2 amide bonds. The Morgan fingerprint density at radius 1 is 1.00 bits per heavy atom. The van der Waals surface area contributed by atoms with Crippen LogP contribution in [0.1, 0.15) is 54.8 Å². The zero-order valence-corrected chi connectivity index (χ0v) is 17.9. The minimum Gasteiger partial charge on any atom is -0.491 e. The van der Waals surface area contributed by atoms with Crippen molar-refractivity contribution in [3.63, 3.8) is 0 Å². The zero-order chi connectivity index (χ0) is 21.4. The first-order valence-corrected chi connectivity index (χ1v) is 9.99. The number of hydrogen-bond acceptors (Lipinski definition) is 4. The minimum atomic E-state index is -0.328. The Morgan fingerprint density at radius 3 is 2.31 bits per heavy atom. The van der Waals surface area contributed by atoms with E-state index < -0.39 is 0 Å². The summed E-state index contributed by atoms with van der Waals surface area (Å²) in [5.41, 5.74) is 1.59.